The smallest absolute Gasteiger partial charge is 0.187 e. The number of hydrogen-bond acceptors (Lipinski definition) is 6. The first-order valence-electron chi connectivity index (χ1n) is 9.00. The van der Waals surface area contributed by atoms with Gasteiger partial charge in [0.2, 0.25) is 0 Å². The van der Waals surface area contributed by atoms with Gasteiger partial charge in [-0.15, -0.1) is 0 Å². The van der Waals surface area contributed by atoms with E-state index >= 15 is 0 Å². The molecule has 1 unspecified atom stereocenters. The average Bonchev–Trinajstić information content (AvgIpc) is 3.02. The molecule has 0 N–H and O–H groups in total. The van der Waals surface area contributed by atoms with Gasteiger partial charge >= 0.3 is 0 Å². The van der Waals surface area contributed by atoms with Crippen LogP contribution in [0, 0.1) is 0 Å². The molecule has 0 bridgehead atoms. The fourth-order valence-corrected chi connectivity index (χ4v) is 4.01. The SMILES string of the molecule is CO[C@@H]1[C@H](OC)[C@H](OC2Cc3ccc(C(C)=O)cc3C2)O[C@@H](C)[C@@H]1OC. The van der Waals surface area contributed by atoms with E-state index in [1.807, 2.05) is 25.1 Å². The van der Waals surface area contributed by atoms with Gasteiger partial charge in [0.1, 0.15) is 18.3 Å². The number of methoxy groups -OCH3 is 3. The van der Waals surface area contributed by atoms with E-state index in [4.69, 9.17) is 23.7 Å². The molecule has 0 aromatic heterocycles. The monoisotopic (exact) mass is 364 g/mol. The van der Waals surface area contributed by atoms with Gasteiger partial charge in [-0.2, -0.15) is 0 Å². The molecule has 2 aliphatic rings. The van der Waals surface area contributed by atoms with Gasteiger partial charge in [-0.05, 0) is 43.9 Å². The Labute approximate surface area is 154 Å². The number of ketones is 1. The van der Waals surface area contributed by atoms with Crippen LogP contribution < -0.4 is 0 Å². The lowest BCUT2D eigenvalue weighted by atomic mass is 9.99. The third-order valence-corrected chi connectivity index (χ3v) is 5.38. The van der Waals surface area contributed by atoms with Crippen molar-refractivity contribution in [3.8, 4) is 0 Å². The summed E-state index contributed by atoms with van der Waals surface area (Å²) in [5, 5.41) is 0. The number of ether oxygens (including phenoxy) is 5. The molecule has 1 heterocycles. The Bertz CT molecular complexity index is 645. The number of carbonyl (C=O) groups is 1. The van der Waals surface area contributed by atoms with E-state index in [0.29, 0.717) is 0 Å². The Morgan fingerprint density at radius 2 is 1.65 bits per heavy atom. The van der Waals surface area contributed by atoms with Crippen LogP contribution in [0.1, 0.15) is 35.3 Å². The largest absolute Gasteiger partial charge is 0.376 e. The zero-order valence-electron chi connectivity index (χ0n) is 16.1. The zero-order chi connectivity index (χ0) is 18.8. The molecule has 0 radical (unpaired) electrons. The molecule has 6 nitrogen and oxygen atoms in total. The first-order chi connectivity index (χ1) is 12.5. The van der Waals surface area contributed by atoms with Crippen molar-refractivity contribution in [2.75, 3.05) is 21.3 Å². The number of carbonyl (C=O) groups excluding carboxylic acids is 1. The Hall–Kier alpha value is -1.31. The van der Waals surface area contributed by atoms with Gasteiger partial charge in [-0.1, -0.05) is 12.1 Å². The minimum atomic E-state index is -0.530. The van der Waals surface area contributed by atoms with Crippen LogP contribution in [0.4, 0.5) is 0 Å². The molecule has 1 aromatic carbocycles. The number of rotatable bonds is 6. The van der Waals surface area contributed by atoms with Crippen molar-refractivity contribution in [2.45, 2.75) is 63.5 Å². The Kier molecular flexibility index (Phi) is 6.10. The summed E-state index contributed by atoms with van der Waals surface area (Å²) in [5.74, 6) is 0.0783. The van der Waals surface area contributed by atoms with Gasteiger partial charge in [-0.25, -0.2) is 0 Å². The highest BCUT2D eigenvalue weighted by molar-refractivity contribution is 5.94. The lowest BCUT2D eigenvalue weighted by Crippen LogP contribution is -2.59. The van der Waals surface area contributed by atoms with Crippen LogP contribution in [-0.2, 0) is 36.5 Å². The lowest BCUT2D eigenvalue weighted by molar-refractivity contribution is -0.314. The number of Topliss-reactive ketones (excluding diaryl/α,β-unsaturated/α-hetero) is 1. The molecule has 1 aliphatic carbocycles. The van der Waals surface area contributed by atoms with Crippen LogP contribution in [0.3, 0.4) is 0 Å². The standard InChI is InChI=1S/C20H28O6/c1-11(21)13-6-7-14-9-16(10-15(14)8-13)26-20-19(24-5)18(23-4)17(22-3)12(2)25-20/h6-8,12,16-20H,9-10H2,1-5H3/t12-,16?,17-,18-,19-,20-/m0/s1. The van der Waals surface area contributed by atoms with Crippen molar-refractivity contribution >= 4 is 5.78 Å². The summed E-state index contributed by atoms with van der Waals surface area (Å²) >= 11 is 0. The van der Waals surface area contributed by atoms with Crippen molar-refractivity contribution in [3.05, 3.63) is 34.9 Å². The van der Waals surface area contributed by atoms with Gasteiger partial charge < -0.3 is 23.7 Å². The molecule has 6 heteroatoms. The zero-order valence-corrected chi connectivity index (χ0v) is 16.1. The van der Waals surface area contributed by atoms with Gasteiger partial charge in [0.25, 0.3) is 0 Å². The molecule has 6 atom stereocenters. The summed E-state index contributed by atoms with van der Waals surface area (Å²) < 4.78 is 29.1. The molecule has 144 valence electrons. The second-order valence-corrected chi connectivity index (χ2v) is 7.02. The molecule has 1 fully saturated rings. The minimum absolute atomic E-state index is 0.0151. The van der Waals surface area contributed by atoms with E-state index in [1.54, 1.807) is 28.3 Å². The topological polar surface area (TPSA) is 63.2 Å². The molecule has 1 aliphatic heterocycles. The maximum Gasteiger partial charge on any atom is 0.187 e. The fourth-order valence-electron chi connectivity index (χ4n) is 4.01. The highest BCUT2D eigenvalue weighted by Gasteiger charge is 2.47. The summed E-state index contributed by atoms with van der Waals surface area (Å²) in [5.41, 5.74) is 3.12. The molecular formula is C20H28O6. The van der Waals surface area contributed by atoms with Crippen LogP contribution in [-0.4, -0.2) is 63.9 Å². The van der Waals surface area contributed by atoms with Crippen molar-refractivity contribution in [1.29, 1.82) is 0 Å². The average molecular weight is 364 g/mol. The molecule has 0 spiro atoms. The van der Waals surface area contributed by atoms with Gasteiger partial charge in [0, 0.05) is 26.9 Å². The predicted molar refractivity (Wildman–Crippen MR) is 95.5 cm³/mol. The third kappa shape index (κ3) is 3.70. The Morgan fingerprint density at radius 1 is 1.00 bits per heavy atom. The van der Waals surface area contributed by atoms with E-state index in [-0.39, 0.29) is 36.3 Å². The van der Waals surface area contributed by atoms with E-state index in [2.05, 4.69) is 0 Å². The maximum atomic E-state index is 11.6. The van der Waals surface area contributed by atoms with Gasteiger partial charge in [0.15, 0.2) is 12.1 Å². The molecule has 0 saturated carbocycles. The van der Waals surface area contributed by atoms with Gasteiger partial charge in [0.05, 0.1) is 12.2 Å². The number of benzene rings is 1. The van der Waals surface area contributed by atoms with Gasteiger partial charge in [-0.3, -0.25) is 4.79 Å². The molecule has 26 heavy (non-hydrogen) atoms. The van der Waals surface area contributed by atoms with Crippen molar-refractivity contribution in [2.24, 2.45) is 0 Å². The third-order valence-electron chi connectivity index (χ3n) is 5.38. The first-order valence-corrected chi connectivity index (χ1v) is 9.00. The van der Waals surface area contributed by atoms with Crippen LogP contribution >= 0.6 is 0 Å². The summed E-state index contributed by atoms with van der Waals surface area (Å²) in [4.78, 5) is 11.6. The van der Waals surface area contributed by atoms with E-state index in [9.17, 15) is 4.79 Å². The molecule has 3 rings (SSSR count). The quantitative estimate of drug-likeness (QED) is 0.721. The van der Waals surface area contributed by atoms with Crippen LogP contribution in [0.15, 0.2) is 18.2 Å². The van der Waals surface area contributed by atoms with E-state index < -0.39 is 6.29 Å². The van der Waals surface area contributed by atoms with Crippen molar-refractivity contribution in [3.63, 3.8) is 0 Å². The normalized spacial score (nSPS) is 33.9. The Balaban J connectivity index is 1.71. The number of hydrogen-bond donors (Lipinski definition) is 0. The molecule has 1 saturated heterocycles. The molecular weight excluding hydrogens is 336 g/mol. The van der Waals surface area contributed by atoms with Crippen LogP contribution in [0.25, 0.3) is 0 Å². The molecule has 1 aromatic rings. The lowest BCUT2D eigenvalue weighted by Gasteiger charge is -2.44. The number of fused-ring (bicyclic) bond motifs is 1. The van der Waals surface area contributed by atoms with E-state index in [0.717, 1.165) is 18.4 Å². The van der Waals surface area contributed by atoms with Crippen LogP contribution in [0.2, 0.25) is 0 Å². The summed E-state index contributed by atoms with van der Waals surface area (Å²) in [7, 11) is 4.92. The van der Waals surface area contributed by atoms with E-state index in [1.165, 1.54) is 11.1 Å². The second kappa shape index (κ2) is 8.15. The highest BCUT2D eigenvalue weighted by Crippen LogP contribution is 2.32. The Morgan fingerprint density at radius 3 is 2.27 bits per heavy atom. The predicted octanol–water partition coefficient (Wildman–Crippen LogP) is 2.16. The summed E-state index contributed by atoms with van der Waals surface area (Å²) in [6.07, 6.45) is -0.0324. The highest BCUT2D eigenvalue weighted by atomic mass is 16.7. The van der Waals surface area contributed by atoms with Crippen molar-refractivity contribution in [1.82, 2.24) is 0 Å². The first kappa shape index (κ1) is 19.5. The summed E-state index contributed by atoms with van der Waals surface area (Å²) in [6.45, 7) is 3.53. The molecule has 0 amide bonds. The summed E-state index contributed by atoms with van der Waals surface area (Å²) in [6, 6.07) is 5.87. The van der Waals surface area contributed by atoms with Crippen LogP contribution in [0.5, 0.6) is 0 Å². The fraction of sp³-hybridized carbons (Fsp3) is 0.650. The second-order valence-electron chi connectivity index (χ2n) is 7.02. The minimum Gasteiger partial charge on any atom is -0.376 e. The maximum absolute atomic E-state index is 11.6. The van der Waals surface area contributed by atoms with Crippen molar-refractivity contribution < 1.29 is 28.5 Å².